The lowest BCUT2D eigenvalue weighted by molar-refractivity contribution is -0.387. The Morgan fingerprint density at radius 2 is 2.26 bits per heavy atom. The molecule has 19 heavy (non-hydrogen) atoms. The number of ether oxygens (including phenoxy) is 1. The second-order valence-corrected chi connectivity index (χ2v) is 5.37. The third kappa shape index (κ3) is 4.86. The van der Waals surface area contributed by atoms with Gasteiger partial charge in [0, 0.05) is 17.1 Å². The third-order valence-corrected chi connectivity index (χ3v) is 3.66. The van der Waals surface area contributed by atoms with Crippen molar-refractivity contribution in [1.82, 2.24) is 0 Å². The molecule has 1 unspecified atom stereocenters. The Kier molecular flexibility index (Phi) is 5.75. The molecule has 1 atom stereocenters. The molecule has 0 aliphatic carbocycles. The molecule has 1 aromatic rings. The summed E-state index contributed by atoms with van der Waals surface area (Å²) in [4.78, 5) is 20.7. The molecule has 0 bridgehead atoms. The van der Waals surface area contributed by atoms with Gasteiger partial charge in [0.25, 0.3) is 0 Å². The van der Waals surface area contributed by atoms with Crippen LogP contribution in [0.5, 0.6) is 0 Å². The Hall–Kier alpha value is -1.63. The zero-order valence-corrected chi connectivity index (χ0v) is 11.4. The topological polar surface area (TPSA) is 69.4 Å². The Bertz CT molecular complexity index is 481. The van der Waals surface area contributed by atoms with E-state index in [1.165, 1.54) is 24.9 Å². The molecule has 0 saturated carbocycles. The second-order valence-electron chi connectivity index (χ2n) is 3.94. The van der Waals surface area contributed by atoms with Gasteiger partial charge in [0.1, 0.15) is 0 Å². The predicted molar refractivity (Wildman–Crippen MR) is 70.4 cm³/mol. The molecule has 0 saturated heterocycles. The quantitative estimate of drug-likeness (QED) is 0.457. The molecule has 0 fully saturated rings. The van der Waals surface area contributed by atoms with E-state index in [1.807, 2.05) is 6.92 Å². The second kappa shape index (κ2) is 7.08. The first kappa shape index (κ1) is 15.4. The number of thioether (sulfide) groups is 1. The van der Waals surface area contributed by atoms with Crippen LogP contribution in [0.4, 0.5) is 10.1 Å². The predicted octanol–water partition coefficient (Wildman–Crippen LogP) is 2.92. The number of carbonyl (C=O) groups excluding carboxylic acids is 1. The van der Waals surface area contributed by atoms with Crippen molar-refractivity contribution in [1.29, 1.82) is 0 Å². The lowest BCUT2D eigenvalue weighted by atomic mass is 10.2. The van der Waals surface area contributed by atoms with Crippen molar-refractivity contribution in [3.05, 3.63) is 39.7 Å². The van der Waals surface area contributed by atoms with Crippen LogP contribution in [-0.2, 0) is 15.3 Å². The van der Waals surface area contributed by atoms with Crippen LogP contribution in [0.2, 0.25) is 0 Å². The van der Waals surface area contributed by atoms with Crippen LogP contribution in [0.15, 0.2) is 18.2 Å². The van der Waals surface area contributed by atoms with Crippen molar-refractivity contribution >= 4 is 23.4 Å². The lowest BCUT2D eigenvalue weighted by Gasteiger charge is -2.09. The van der Waals surface area contributed by atoms with E-state index < -0.39 is 16.4 Å². The SMILES string of the molecule is COC(=O)CC(C)SCc1ccc([N+](=O)[O-])c(F)c1. The van der Waals surface area contributed by atoms with Crippen LogP contribution >= 0.6 is 11.8 Å². The fraction of sp³-hybridized carbons (Fsp3) is 0.417. The number of benzene rings is 1. The van der Waals surface area contributed by atoms with Crippen LogP contribution in [-0.4, -0.2) is 23.3 Å². The summed E-state index contributed by atoms with van der Waals surface area (Å²) in [5.41, 5.74) is 0.112. The molecule has 1 rings (SSSR count). The van der Waals surface area contributed by atoms with Crippen LogP contribution < -0.4 is 0 Å². The van der Waals surface area contributed by atoms with Gasteiger partial charge in [-0.15, -0.1) is 0 Å². The van der Waals surface area contributed by atoms with Gasteiger partial charge in [-0.1, -0.05) is 13.0 Å². The molecule has 0 aromatic heterocycles. The highest BCUT2D eigenvalue weighted by molar-refractivity contribution is 7.99. The number of methoxy groups -OCH3 is 1. The molecule has 0 aliphatic heterocycles. The van der Waals surface area contributed by atoms with Gasteiger partial charge < -0.3 is 4.74 Å². The number of hydrogen-bond acceptors (Lipinski definition) is 5. The maximum atomic E-state index is 13.4. The zero-order chi connectivity index (χ0) is 14.4. The molecule has 5 nitrogen and oxygen atoms in total. The number of nitrogens with zero attached hydrogens (tertiary/aromatic N) is 1. The molecule has 7 heteroatoms. The molecule has 0 radical (unpaired) electrons. The third-order valence-electron chi connectivity index (χ3n) is 2.43. The summed E-state index contributed by atoms with van der Waals surface area (Å²) >= 11 is 1.46. The average molecular weight is 287 g/mol. The Balaban J connectivity index is 2.56. The molecule has 0 heterocycles. The summed E-state index contributed by atoms with van der Waals surface area (Å²) in [6.07, 6.45) is 0.274. The number of rotatable bonds is 6. The van der Waals surface area contributed by atoms with E-state index in [0.717, 1.165) is 12.1 Å². The largest absolute Gasteiger partial charge is 0.469 e. The highest BCUT2D eigenvalue weighted by Gasteiger charge is 2.15. The Morgan fingerprint density at radius 3 is 2.79 bits per heavy atom. The molecule has 1 aromatic carbocycles. The summed E-state index contributed by atoms with van der Waals surface area (Å²) < 4.78 is 17.9. The maximum Gasteiger partial charge on any atom is 0.306 e. The summed E-state index contributed by atoms with van der Waals surface area (Å²) in [5, 5.41) is 10.5. The van der Waals surface area contributed by atoms with E-state index in [4.69, 9.17) is 0 Å². The summed E-state index contributed by atoms with van der Waals surface area (Å²) in [6.45, 7) is 1.86. The van der Waals surface area contributed by atoms with Crippen molar-refractivity contribution < 1.29 is 18.8 Å². The number of carbonyl (C=O) groups is 1. The molecular formula is C12H14FNO4S. The summed E-state index contributed by atoms with van der Waals surface area (Å²) in [7, 11) is 1.32. The number of nitro benzene ring substituents is 1. The lowest BCUT2D eigenvalue weighted by Crippen LogP contribution is -2.08. The minimum atomic E-state index is -0.844. The number of esters is 1. The van der Waals surface area contributed by atoms with Gasteiger partial charge in [-0.3, -0.25) is 14.9 Å². The van der Waals surface area contributed by atoms with Gasteiger partial charge in [0.2, 0.25) is 5.82 Å². The highest BCUT2D eigenvalue weighted by Crippen LogP contribution is 2.24. The standard InChI is InChI=1S/C12H14FNO4S/c1-8(5-12(15)18-2)19-7-9-3-4-11(14(16)17)10(13)6-9/h3-4,6,8H,5,7H2,1-2H3. The maximum absolute atomic E-state index is 13.4. The molecule has 0 N–H and O–H groups in total. The van der Waals surface area contributed by atoms with Crippen molar-refractivity contribution in [2.45, 2.75) is 24.3 Å². The van der Waals surface area contributed by atoms with E-state index in [9.17, 15) is 19.3 Å². The number of hydrogen-bond donors (Lipinski definition) is 0. The van der Waals surface area contributed by atoms with Crippen LogP contribution in [0.3, 0.4) is 0 Å². The van der Waals surface area contributed by atoms with Crippen LogP contribution in [0.25, 0.3) is 0 Å². The van der Waals surface area contributed by atoms with Crippen molar-refractivity contribution in [3.63, 3.8) is 0 Å². The smallest absolute Gasteiger partial charge is 0.306 e. The molecule has 0 aliphatic rings. The molecule has 0 spiro atoms. The molecular weight excluding hydrogens is 273 g/mol. The van der Waals surface area contributed by atoms with Gasteiger partial charge >= 0.3 is 11.7 Å². The molecule has 0 amide bonds. The van der Waals surface area contributed by atoms with E-state index >= 15 is 0 Å². The minimum absolute atomic E-state index is 0.0331. The Labute approximate surface area is 114 Å². The summed E-state index contributed by atoms with van der Waals surface area (Å²) in [6, 6.07) is 3.81. The molecule has 104 valence electrons. The monoisotopic (exact) mass is 287 g/mol. The van der Waals surface area contributed by atoms with E-state index in [-0.39, 0.29) is 17.6 Å². The van der Waals surface area contributed by atoms with Crippen LogP contribution in [0.1, 0.15) is 18.9 Å². The Morgan fingerprint density at radius 1 is 1.58 bits per heavy atom. The van der Waals surface area contributed by atoms with Crippen molar-refractivity contribution in [2.75, 3.05) is 7.11 Å². The van der Waals surface area contributed by atoms with Crippen molar-refractivity contribution in [2.24, 2.45) is 0 Å². The number of halogens is 1. The van der Waals surface area contributed by atoms with E-state index in [1.54, 1.807) is 0 Å². The zero-order valence-electron chi connectivity index (χ0n) is 10.6. The fourth-order valence-electron chi connectivity index (χ4n) is 1.40. The first-order valence-corrected chi connectivity index (χ1v) is 6.60. The fourth-order valence-corrected chi connectivity index (χ4v) is 2.31. The van der Waals surface area contributed by atoms with Gasteiger partial charge in [-0.25, -0.2) is 0 Å². The number of nitro groups is 1. The van der Waals surface area contributed by atoms with Gasteiger partial charge in [0.05, 0.1) is 18.5 Å². The highest BCUT2D eigenvalue weighted by atomic mass is 32.2. The van der Waals surface area contributed by atoms with E-state index in [0.29, 0.717) is 11.3 Å². The van der Waals surface area contributed by atoms with Gasteiger partial charge in [-0.05, 0) is 11.6 Å². The van der Waals surface area contributed by atoms with Gasteiger partial charge in [-0.2, -0.15) is 16.2 Å². The normalized spacial score (nSPS) is 11.9. The first-order valence-electron chi connectivity index (χ1n) is 5.55. The van der Waals surface area contributed by atoms with Crippen LogP contribution in [0, 0.1) is 15.9 Å². The minimum Gasteiger partial charge on any atom is -0.469 e. The first-order chi connectivity index (χ1) is 8.93. The van der Waals surface area contributed by atoms with Gasteiger partial charge in [0.15, 0.2) is 0 Å². The van der Waals surface area contributed by atoms with Crippen molar-refractivity contribution in [3.8, 4) is 0 Å². The average Bonchev–Trinajstić information content (AvgIpc) is 2.35. The summed E-state index contributed by atoms with van der Waals surface area (Å²) in [5.74, 6) is -0.661. The van der Waals surface area contributed by atoms with E-state index in [2.05, 4.69) is 4.74 Å².